The highest BCUT2D eigenvalue weighted by Gasteiger charge is 2.03. The molecule has 0 amide bonds. The fourth-order valence-corrected chi connectivity index (χ4v) is 2.15. The number of hydrogen-bond donors (Lipinski definition) is 2. The molecule has 0 bridgehead atoms. The van der Waals surface area contributed by atoms with Crippen molar-refractivity contribution in [1.29, 1.82) is 0 Å². The molecule has 20 heavy (non-hydrogen) atoms. The zero-order chi connectivity index (χ0) is 14.2. The van der Waals surface area contributed by atoms with E-state index in [-0.39, 0.29) is 0 Å². The summed E-state index contributed by atoms with van der Waals surface area (Å²) in [5, 5.41) is 3.53. The number of ether oxygens (including phenoxy) is 1. The van der Waals surface area contributed by atoms with Crippen LogP contribution < -0.4 is 10.1 Å². The zero-order valence-corrected chi connectivity index (χ0v) is 12.2. The van der Waals surface area contributed by atoms with Crippen molar-refractivity contribution in [3.8, 4) is 5.75 Å². The minimum Gasteiger partial charge on any atom is -0.497 e. The fraction of sp³-hybridized carbons (Fsp3) is 0.438. The van der Waals surface area contributed by atoms with Crippen molar-refractivity contribution in [2.24, 2.45) is 0 Å². The Morgan fingerprint density at radius 1 is 1.25 bits per heavy atom. The van der Waals surface area contributed by atoms with E-state index in [2.05, 4.69) is 34.3 Å². The quantitative estimate of drug-likeness (QED) is 0.777. The summed E-state index contributed by atoms with van der Waals surface area (Å²) >= 11 is 0. The van der Waals surface area contributed by atoms with Crippen molar-refractivity contribution >= 4 is 0 Å². The Morgan fingerprint density at radius 2 is 2.05 bits per heavy atom. The number of rotatable bonds is 8. The van der Waals surface area contributed by atoms with E-state index in [0.29, 0.717) is 6.04 Å². The van der Waals surface area contributed by atoms with Gasteiger partial charge in [-0.15, -0.1) is 0 Å². The maximum Gasteiger partial charge on any atom is 0.118 e. The highest BCUT2D eigenvalue weighted by atomic mass is 16.5. The topological polar surface area (TPSA) is 49.9 Å². The van der Waals surface area contributed by atoms with Crippen molar-refractivity contribution in [1.82, 2.24) is 15.3 Å². The minimum atomic E-state index is 0.507. The third kappa shape index (κ3) is 4.70. The number of benzene rings is 1. The van der Waals surface area contributed by atoms with E-state index in [9.17, 15) is 0 Å². The maximum atomic E-state index is 5.16. The molecule has 2 N–H and O–H groups in total. The lowest BCUT2D eigenvalue weighted by Gasteiger charge is -2.13. The first kappa shape index (κ1) is 14.6. The Hall–Kier alpha value is -1.81. The first-order valence-electron chi connectivity index (χ1n) is 7.12. The third-order valence-electron chi connectivity index (χ3n) is 3.43. The monoisotopic (exact) mass is 273 g/mol. The van der Waals surface area contributed by atoms with Gasteiger partial charge in [0, 0.05) is 31.4 Å². The van der Waals surface area contributed by atoms with Crippen LogP contribution in [0.2, 0.25) is 0 Å². The SMILES string of the molecule is COc1ccc(CCC(C)NCCc2ncc[nH]2)cc1. The van der Waals surface area contributed by atoms with Crippen LogP contribution in [0, 0.1) is 0 Å². The summed E-state index contributed by atoms with van der Waals surface area (Å²) in [5.41, 5.74) is 1.35. The molecule has 0 spiro atoms. The first-order chi connectivity index (χ1) is 9.78. The summed E-state index contributed by atoms with van der Waals surface area (Å²) in [7, 11) is 1.69. The number of hydrogen-bond acceptors (Lipinski definition) is 3. The van der Waals surface area contributed by atoms with Crippen LogP contribution in [0.25, 0.3) is 0 Å². The zero-order valence-electron chi connectivity index (χ0n) is 12.2. The van der Waals surface area contributed by atoms with E-state index in [1.165, 1.54) is 5.56 Å². The van der Waals surface area contributed by atoms with E-state index in [4.69, 9.17) is 4.74 Å². The van der Waals surface area contributed by atoms with Gasteiger partial charge in [-0.3, -0.25) is 0 Å². The average Bonchev–Trinajstić information content (AvgIpc) is 2.99. The highest BCUT2D eigenvalue weighted by molar-refractivity contribution is 5.27. The van der Waals surface area contributed by atoms with Crippen LogP contribution in [-0.4, -0.2) is 29.7 Å². The van der Waals surface area contributed by atoms with Gasteiger partial charge in [-0.1, -0.05) is 12.1 Å². The van der Waals surface area contributed by atoms with Crippen molar-refractivity contribution in [3.05, 3.63) is 48.0 Å². The number of imidazole rings is 1. The standard InChI is InChI=1S/C16H23N3O/c1-13(17-10-9-16-18-11-12-19-16)3-4-14-5-7-15(20-2)8-6-14/h5-8,11-13,17H,3-4,9-10H2,1-2H3,(H,18,19). The Kier molecular flexibility index (Phi) is 5.62. The second-order valence-electron chi connectivity index (χ2n) is 5.03. The molecule has 1 atom stereocenters. The van der Waals surface area contributed by atoms with Gasteiger partial charge in [-0.2, -0.15) is 0 Å². The molecule has 1 heterocycles. The number of nitrogens with one attached hydrogen (secondary N) is 2. The number of aromatic amines is 1. The normalized spacial score (nSPS) is 12.3. The first-order valence-corrected chi connectivity index (χ1v) is 7.12. The molecule has 2 aromatic rings. The van der Waals surface area contributed by atoms with Crippen molar-refractivity contribution in [2.75, 3.05) is 13.7 Å². The summed E-state index contributed by atoms with van der Waals surface area (Å²) in [5.74, 6) is 1.96. The van der Waals surface area contributed by atoms with Crippen LogP contribution in [0.5, 0.6) is 5.75 Å². The van der Waals surface area contributed by atoms with Crippen molar-refractivity contribution in [3.63, 3.8) is 0 Å². The Labute approximate surface area is 120 Å². The molecule has 108 valence electrons. The lowest BCUT2D eigenvalue weighted by molar-refractivity contribution is 0.414. The predicted octanol–water partition coefficient (Wildman–Crippen LogP) is 2.57. The lowest BCUT2D eigenvalue weighted by Crippen LogP contribution is -2.28. The molecular weight excluding hydrogens is 250 g/mol. The Morgan fingerprint density at radius 3 is 2.70 bits per heavy atom. The highest BCUT2D eigenvalue weighted by Crippen LogP contribution is 2.13. The van der Waals surface area contributed by atoms with Gasteiger partial charge < -0.3 is 15.0 Å². The van der Waals surface area contributed by atoms with Gasteiger partial charge in [0.25, 0.3) is 0 Å². The van der Waals surface area contributed by atoms with Crippen molar-refractivity contribution < 1.29 is 4.74 Å². The third-order valence-corrected chi connectivity index (χ3v) is 3.43. The van der Waals surface area contributed by atoms with Gasteiger partial charge in [-0.05, 0) is 37.5 Å². The Bertz CT molecular complexity index is 479. The molecular formula is C16H23N3O. The Balaban J connectivity index is 1.65. The van der Waals surface area contributed by atoms with E-state index < -0.39 is 0 Å². The van der Waals surface area contributed by atoms with Gasteiger partial charge in [0.1, 0.15) is 11.6 Å². The average molecular weight is 273 g/mol. The van der Waals surface area contributed by atoms with Gasteiger partial charge in [0.2, 0.25) is 0 Å². The minimum absolute atomic E-state index is 0.507. The van der Waals surface area contributed by atoms with Gasteiger partial charge in [0.15, 0.2) is 0 Å². The summed E-state index contributed by atoms with van der Waals surface area (Å²) in [6.07, 6.45) is 6.81. The van der Waals surface area contributed by atoms with E-state index >= 15 is 0 Å². The van der Waals surface area contributed by atoms with Gasteiger partial charge >= 0.3 is 0 Å². The summed E-state index contributed by atoms with van der Waals surface area (Å²) in [6.45, 7) is 3.18. The second kappa shape index (κ2) is 7.70. The van der Waals surface area contributed by atoms with Crippen LogP contribution in [0.4, 0.5) is 0 Å². The number of H-pyrrole nitrogens is 1. The molecule has 0 saturated carbocycles. The van der Waals surface area contributed by atoms with Crippen LogP contribution >= 0.6 is 0 Å². The molecule has 0 aliphatic carbocycles. The molecule has 4 nitrogen and oxygen atoms in total. The van der Waals surface area contributed by atoms with Crippen LogP contribution in [0.15, 0.2) is 36.7 Å². The number of nitrogens with zero attached hydrogens (tertiary/aromatic N) is 1. The molecule has 0 fully saturated rings. The second-order valence-corrected chi connectivity index (χ2v) is 5.03. The summed E-state index contributed by atoms with van der Waals surface area (Å²) in [4.78, 5) is 7.33. The molecule has 4 heteroatoms. The predicted molar refractivity (Wildman–Crippen MR) is 81.1 cm³/mol. The molecule has 0 aliphatic heterocycles. The smallest absolute Gasteiger partial charge is 0.118 e. The number of methoxy groups -OCH3 is 1. The van der Waals surface area contributed by atoms with Crippen LogP contribution in [-0.2, 0) is 12.8 Å². The van der Waals surface area contributed by atoms with Crippen LogP contribution in [0.1, 0.15) is 24.7 Å². The lowest BCUT2D eigenvalue weighted by atomic mass is 10.1. The van der Waals surface area contributed by atoms with Crippen LogP contribution in [0.3, 0.4) is 0 Å². The van der Waals surface area contributed by atoms with E-state index in [1.807, 2.05) is 18.3 Å². The molecule has 2 rings (SSSR count). The van der Waals surface area contributed by atoms with Gasteiger partial charge in [0.05, 0.1) is 7.11 Å². The molecule has 1 aromatic carbocycles. The number of aryl methyl sites for hydroxylation is 1. The number of aromatic nitrogens is 2. The molecule has 1 aromatic heterocycles. The van der Waals surface area contributed by atoms with E-state index in [0.717, 1.165) is 37.4 Å². The molecule has 0 saturated heterocycles. The van der Waals surface area contributed by atoms with Gasteiger partial charge in [-0.25, -0.2) is 4.98 Å². The maximum absolute atomic E-state index is 5.16. The molecule has 0 radical (unpaired) electrons. The van der Waals surface area contributed by atoms with E-state index in [1.54, 1.807) is 13.3 Å². The summed E-state index contributed by atoms with van der Waals surface area (Å²) < 4.78 is 5.16. The summed E-state index contributed by atoms with van der Waals surface area (Å²) in [6, 6.07) is 8.81. The largest absolute Gasteiger partial charge is 0.497 e. The molecule has 1 unspecified atom stereocenters. The molecule has 0 aliphatic rings. The fourth-order valence-electron chi connectivity index (χ4n) is 2.15. The van der Waals surface area contributed by atoms with Crippen molar-refractivity contribution in [2.45, 2.75) is 32.2 Å².